The highest BCUT2D eigenvalue weighted by molar-refractivity contribution is 9.10. The van der Waals surface area contributed by atoms with Gasteiger partial charge in [0.25, 0.3) is 5.56 Å². The van der Waals surface area contributed by atoms with Crippen molar-refractivity contribution in [3.8, 4) is 0 Å². The Morgan fingerprint density at radius 2 is 1.90 bits per heavy atom. The van der Waals surface area contributed by atoms with Crippen LogP contribution in [0.1, 0.15) is 5.56 Å². The van der Waals surface area contributed by atoms with Gasteiger partial charge < -0.3 is 0 Å². The van der Waals surface area contributed by atoms with Crippen molar-refractivity contribution in [1.29, 1.82) is 0 Å². The maximum Gasteiger partial charge on any atom is 0.261 e. The Labute approximate surface area is 129 Å². The number of hydrogen-bond acceptors (Lipinski definition) is 2. The zero-order valence-corrected chi connectivity index (χ0v) is 12.7. The van der Waals surface area contributed by atoms with Gasteiger partial charge in [-0.25, -0.2) is 4.98 Å². The van der Waals surface area contributed by atoms with Gasteiger partial charge in [0.2, 0.25) is 0 Å². The van der Waals surface area contributed by atoms with Gasteiger partial charge in [-0.2, -0.15) is 0 Å². The molecule has 0 aliphatic rings. The molecule has 0 N–H and O–H groups in total. The number of fused-ring (bicyclic) bond motifs is 1. The first kappa shape index (κ1) is 13.3. The average Bonchev–Trinajstić information content (AvgIpc) is 2.47. The fourth-order valence-corrected chi connectivity index (χ4v) is 2.60. The highest BCUT2D eigenvalue weighted by Crippen LogP contribution is 2.27. The number of nitrogens with zero attached hydrogens (tertiary/aromatic N) is 2. The van der Waals surface area contributed by atoms with Crippen LogP contribution in [-0.2, 0) is 6.54 Å². The number of aromatic nitrogens is 2. The van der Waals surface area contributed by atoms with Gasteiger partial charge in [-0.05, 0) is 33.6 Å². The van der Waals surface area contributed by atoms with E-state index in [0.717, 1.165) is 10.0 Å². The lowest BCUT2D eigenvalue weighted by molar-refractivity contribution is 0.748. The largest absolute Gasteiger partial charge is 0.294 e. The molecule has 0 radical (unpaired) electrons. The van der Waals surface area contributed by atoms with Crippen LogP contribution in [0.2, 0.25) is 5.02 Å². The summed E-state index contributed by atoms with van der Waals surface area (Å²) in [5.41, 5.74) is 1.49. The molecule has 0 aliphatic heterocycles. The van der Waals surface area contributed by atoms with Crippen LogP contribution in [0.5, 0.6) is 0 Å². The standard InChI is InChI=1S/C15H10BrClN2O/c16-12-7-6-11-14(13(12)17)18-9-19(15(11)20)8-10-4-2-1-3-5-10/h1-7,9H,8H2. The molecule has 0 bridgehead atoms. The molecular weight excluding hydrogens is 340 g/mol. The molecule has 0 spiro atoms. The molecule has 0 unspecified atom stereocenters. The second-order valence-corrected chi connectivity index (χ2v) is 5.65. The molecule has 2 aromatic carbocycles. The van der Waals surface area contributed by atoms with Crippen LogP contribution in [0.25, 0.3) is 10.9 Å². The monoisotopic (exact) mass is 348 g/mol. The fraction of sp³-hybridized carbons (Fsp3) is 0.0667. The fourth-order valence-electron chi connectivity index (χ4n) is 2.07. The van der Waals surface area contributed by atoms with Crippen LogP contribution in [0, 0.1) is 0 Å². The Bertz CT molecular complexity index is 830. The van der Waals surface area contributed by atoms with E-state index in [1.165, 1.54) is 6.33 Å². The minimum atomic E-state index is -0.0896. The average molecular weight is 350 g/mol. The summed E-state index contributed by atoms with van der Waals surface area (Å²) in [7, 11) is 0. The predicted octanol–water partition coefficient (Wildman–Crippen LogP) is 3.86. The van der Waals surface area contributed by atoms with Crippen molar-refractivity contribution < 1.29 is 0 Å². The summed E-state index contributed by atoms with van der Waals surface area (Å²) in [4.78, 5) is 16.7. The van der Waals surface area contributed by atoms with E-state index in [9.17, 15) is 4.79 Å². The first-order valence-corrected chi connectivity index (χ1v) is 7.21. The van der Waals surface area contributed by atoms with Crippen molar-refractivity contribution in [3.63, 3.8) is 0 Å². The van der Waals surface area contributed by atoms with Crippen molar-refractivity contribution >= 4 is 38.4 Å². The van der Waals surface area contributed by atoms with Crippen LogP contribution in [0.3, 0.4) is 0 Å². The first-order chi connectivity index (χ1) is 9.66. The molecule has 5 heteroatoms. The SMILES string of the molecule is O=c1c2ccc(Br)c(Cl)c2ncn1Cc1ccccc1. The van der Waals surface area contributed by atoms with Crippen LogP contribution < -0.4 is 5.56 Å². The highest BCUT2D eigenvalue weighted by Gasteiger charge is 2.09. The van der Waals surface area contributed by atoms with Gasteiger partial charge in [0.1, 0.15) is 0 Å². The third-order valence-corrected chi connectivity index (χ3v) is 4.35. The van der Waals surface area contributed by atoms with Crippen molar-refractivity contribution in [2.24, 2.45) is 0 Å². The van der Waals surface area contributed by atoms with E-state index >= 15 is 0 Å². The van der Waals surface area contributed by atoms with E-state index in [1.54, 1.807) is 16.7 Å². The lowest BCUT2D eigenvalue weighted by atomic mass is 10.2. The van der Waals surface area contributed by atoms with Crippen LogP contribution in [0.4, 0.5) is 0 Å². The van der Waals surface area contributed by atoms with Gasteiger partial charge in [-0.3, -0.25) is 9.36 Å². The van der Waals surface area contributed by atoms with Gasteiger partial charge in [-0.15, -0.1) is 0 Å². The molecule has 1 aromatic heterocycles. The Hall–Kier alpha value is -1.65. The van der Waals surface area contributed by atoms with Crippen LogP contribution in [-0.4, -0.2) is 9.55 Å². The van der Waals surface area contributed by atoms with Gasteiger partial charge in [-0.1, -0.05) is 41.9 Å². The highest BCUT2D eigenvalue weighted by atomic mass is 79.9. The molecule has 0 saturated heterocycles. The van der Waals surface area contributed by atoms with E-state index in [0.29, 0.717) is 22.5 Å². The lowest BCUT2D eigenvalue weighted by Gasteiger charge is -2.08. The summed E-state index contributed by atoms with van der Waals surface area (Å²) in [6, 6.07) is 13.3. The topological polar surface area (TPSA) is 34.9 Å². The molecule has 3 nitrogen and oxygen atoms in total. The van der Waals surface area contributed by atoms with Crippen molar-refractivity contribution in [2.75, 3.05) is 0 Å². The van der Waals surface area contributed by atoms with Crippen molar-refractivity contribution in [2.45, 2.75) is 6.54 Å². The number of rotatable bonds is 2. The third-order valence-electron chi connectivity index (χ3n) is 3.08. The summed E-state index contributed by atoms with van der Waals surface area (Å²) >= 11 is 9.49. The molecule has 1 heterocycles. The second-order valence-electron chi connectivity index (χ2n) is 4.42. The molecule has 0 fully saturated rings. The number of hydrogen-bond donors (Lipinski definition) is 0. The molecule has 3 rings (SSSR count). The summed E-state index contributed by atoms with van der Waals surface area (Å²) in [6.07, 6.45) is 1.54. The molecule has 20 heavy (non-hydrogen) atoms. The van der Waals surface area contributed by atoms with E-state index in [-0.39, 0.29) is 5.56 Å². The Balaban J connectivity index is 2.13. The Morgan fingerprint density at radius 3 is 2.65 bits per heavy atom. The zero-order valence-electron chi connectivity index (χ0n) is 10.4. The van der Waals surface area contributed by atoms with Crippen molar-refractivity contribution in [1.82, 2.24) is 9.55 Å². The van der Waals surface area contributed by atoms with Gasteiger partial charge >= 0.3 is 0 Å². The quantitative estimate of drug-likeness (QED) is 0.704. The summed E-state index contributed by atoms with van der Waals surface area (Å²) < 4.78 is 2.32. The van der Waals surface area contributed by atoms with E-state index in [1.807, 2.05) is 30.3 Å². The second kappa shape index (κ2) is 5.38. The number of halogens is 2. The molecule has 100 valence electrons. The Morgan fingerprint density at radius 1 is 1.15 bits per heavy atom. The van der Waals surface area contributed by atoms with E-state index in [2.05, 4.69) is 20.9 Å². The summed E-state index contributed by atoms with van der Waals surface area (Å²) in [5.74, 6) is 0. The summed E-state index contributed by atoms with van der Waals surface area (Å²) in [5, 5.41) is 0.989. The normalized spacial score (nSPS) is 10.9. The maximum atomic E-state index is 12.4. The number of benzene rings is 2. The van der Waals surface area contributed by atoms with Gasteiger partial charge in [0, 0.05) is 4.47 Å². The molecule has 0 atom stereocenters. The van der Waals surface area contributed by atoms with Gasteiger partial charge in [0.15, 0.2) is 0 Å². The Kier molecular flexibility index (Phi) is 3.59. The third kappa shape index (κ3) is 2.37. The maximum absolute atomic E-state index is 12.4. The van der Waals surface area contributed by atoms with Crippen LogP contribution in [0.15, 0.2) is 58.1 Å². The van der Waals surface area contributed by atoms with E-state index < -0.39 is 0 Å². The molecule has 0 saturated carbocycles. The molecule has 0 aliphatic carbocycles. The first-order valence-electron chi connectivity index (χ1n) is 6.04. The smallest absolute Gasteiger partial charge is 0.261 e. The minimum Gasteiger partial charge on any atom is -0.294 e. The molecular formula is C15H10BrClN2O. The molecule has 3 aromatic rings. The van der Waals surface area contributed by atoms with Gasteiger partial charge in [0.05, 0.1) is 28.8 Å². The predicted molar refractivity (Wildman–Crippen MR) is 84.3 cm³/mol. The minimum absolute atomic E-state index is 0.0896. The molecule has 0 amide bonds. The van der Waals surface area contributed by atoms with Crippen LogP contribution >= 0.6 is 27.5 Å². The summed E-state index contributed by atoms with van der Waals surface area (Å²) in [6.45, 7) is 0.496. The lowest BCUT2D eigenvalue weighted by Crippen LogP contribution is -2.21. The zero-order chi connectivity index (χ0) is 14.1. The van der Waals surface area contributed by atoms with E-state index in [4.69, 9.17) is 11.6 Å². The van der Waals surface area contributed by atoms with Crippen molar-refractivity contribution in [3.05, 3.63) is 74.2 Å².